The average molecular weight is 306 g/mol. The Balaban J connectivity index is 2.58. The molecular weight excluding hydrogens is 286 g/mol. The second-order valence-corrected chi connectivity index (χ2v) is 4.90. The fraction of sp³-hybridized carbons (Fsp3) is 0.833. The monoisotopic (exact) mass is 305 g/mol. The number of carbonyl (C=O) groups is 2. The predicted octanol–water partition coefficient (Wildman–Crippen LogP) is 2.65. The van der Waals surface area contributed by atoms with Crippen LogP contribution in [-0.4, -0.2) is 29.9 Å². The first-order valence-electron chi connectivity index (χ1n) is 6.21. The van der Waals surface area contributed by atoms with E-state index in [1.807, 2.05) is 0 Å². The van der Waals surface area contributed by atoms with Crippen molar-refractivity contribution in [3.05, 3.63) is 0 Å². The van der Waals surface area contributed by atoms with Crippen molar-refractivity contribution in [1.29, 1.82) is 0 Å². The van der Waals surface area contributed by atoms with Crippen LogP contribution in [0, 0.1) is 5.92 Å². The van der Waals surface area contributed by atoms with Gasteiger partial charge in [-0.25, -0.2) is 4.79 Å². The molecule has 0 aromatic heterocycles. The summed E-state index contributed by atoms with van der Waals surface area (Å²) in [4.78, 5) is 23.2. The molecule has 4 nitrogen and oxygen atoms in total. The quantitative estimate of drug-likeness (QED) is 0.795. The highest BCUT2D eigenvalue weighted by Gasteiger charge is 2.30. The Kier molecular flexibility index (Phi) is 6.55. The summed E-state index contributed by atoms with van der Waals surface area (Å²) in [5, 5.41) is 2.98. The first-order chi connectivity index (χ1) is 8.19. The third-order valence-electron chi connectivity index (χ3n) is 3.15. The Labute approximate surface area is 111 Å². The van der Waals surface area contributed by atoms with Crippen LogP contribution in [0.1, 0.15) is 39.0 Å². The maximum Gasteiger partial charge on any atom is 0.407 e. The lowest BCUT2D eigenvalue weighted by Crippen LogP contribution is -2.47. The standard InChI is InChI=1S/C12H20BrNO3/c1-2-17-12(16)14-11(10(15)8-13)9-6-4-3-5-7-9/h9,11H,2-8H2,1H3,(H,14,16). The fourth-order valence-electron chi connectivity index (χ4n) is 2.31. The van der Waals surface area contributed by atoms with Crippen LogP contribution in [0.2, 0.25) is 0 Å². The lowest BCUT2D eigenvalue weighted by molar-refractivity contribution is -0.119. The van der Waals surface area contributed by atoms with Gasteiger partial charge in [-0.3, -0.25) is 4.79 Å². The zero-order chi connectivity index (χ0) is 12.7. The van der Waals surface area contributed by atoms with E-state index in [1.165, 1.54) is 6.42 Å². The van der Waals surface area contributed by atoms with Gasteiger partial charge in [-0.15, -0.1) is 0 Å². The lowest BCUT2D eigenvalue weighted by Gasteiger charge is -2.29. The first kappa shape index (κ1) is 14.5. The number of alkyl carbamates (subject to hydrolysis) is 1. The molecular formula is C12H20BrNO3. The molecule has 1 aliphatic carbocycles. The number of alkyl halides is 1. The van der Waals surface area contributed by atoms with Gasteiger partial charge in [-0.1, -0.05) is 35.2 Å². The maximum absolute atomic E-state index is 11.8. The van der Waals surface area contributed by atoms with E-state index in [4.69, 9.17) is 4.74 Å². The predicted molar refractivity (Wildman–Crippen MR) is 69.3 cm³/mol. The summed E-state index contributed by atoms with van der Waals surface area (Å²) in [7, 11) is 0. The molecule has 1 amide bonds. The molecule has 0 aliphatic heterocycles. The summed E-state index contributed by atoms with van der Waals surface area (Å²) in [5.41, 5.74) is 0. The molecule has 0 spiro atoms. The molecule has 1 rings (SSSR count). The van der Waals surface area contributed by atoms with Crippen molar-refractivity contribution in [3.8, 4) is 0 Å². The average Bonchev–Trinajstić information content (AvgIpc) is 2.36. The van der Waals surface area contributed by atoms with Gasteiger partial charge in [0.2, 0.25) is 0 Å². The molecule has 1 unspecified atom stereocenters. The van der Waals surface area contributed by atoms with Crippen LogP contribution in [-0.2, 0) is 9.53 Å². The molecule has 0 aromatic carbocycles. The van der Waals surface area contributed by atoms with Crippen LogP contribution < -0.4 is 5.32 Å². The van der Waals surface area contributed by atoms with E-state index in [9.17, 15) is 9.59 Å². The number of rotatable bonds is 5. The number of ether oxygens (including phenoxy) is 1. The van der Waals surface area contributed by atoms with Crippen molar-refractivity contribution in [2.75, 3.05) is 11.9 Å². The van der Waals surface area contributed by atoms with Gasteiger partial charge in [-0.05, 0) is 25.7 Å². The van der Waals surface area contributed by atoms with Gasteiger partial charge in [0, 0.05) is 0 Å². The summed E-state index contributed by atoms with van der Waals surface area (Å²) in [5.74, 6) is 0.295. The summed E-state index contributed by atoms with van der Waals surface area (Å²) < 4.78 is 4.84. The second kappa shape index (κ2) is 7.69. The topological polar surface area (TPSA) is 55.4 Å². The largest absolute Gasteiger partial charge is 0.450 e. The maximum atomic E-state index is 11.8. The van der Waals surface area contributed by atoms with Crippen LogP contribution in [0.4, 0.5) is 4.79 Å². The molecule has 0 saturated heterocycles. The van der Waals surface area contributed by atoms with E-state index in [1.54, 1.807) is 6.92 Å². The van der Waals surface area contributed by atoms with Crippen molar-refractivity contribution in [3.63, 3.8) is 0 Å². The minimum absolute atomic E-state index is 0.0324. The number of nitrogens with one attached hydrogen (secondary N) is 1. The van der Waals surface area contributed by atoms with Crippen molar-refractivity contribution in [1.82, 2.24) is 5.32 Å². The van der Waals surface area contributed by atoms with Crippen molar-refractivity contribution >= 4 is 27.8 Å². The molecule has 0 heterocycles. The highest BCUT2D eigenvalue weighted by atomic mass is 79.9. The van der Waals surface area contributed by atoms with E-state index >= 15 is 0 Å². The van der Waals surface area contributed by atoms with E-state index in [-0.39, 0.29) is 17.0 Å². The first-order valence-corrected chi connectivity index (χ1v) is 7.33. The highest BCUT2D eigenvalue weighted by Crippen LogP contribution is 2.27. The van der Waals surface area contributed by atoms with E-state index in [0.29, 0.717) is 6.61 Å². The minimum atomic E-state index is -0.489. The Hall–Kier alpha value is -0.580. The van der Waals surface area contributed by atoms with Crippen LogP contribution in [0.3, 0.4) is 0 Å². The fourth-order valence-corrected chi connectivity index (χ4v) is 2.66. The molecule has 0 radical (unpaired) electrons. The summed E-state index contributed by atoms with van der Waals surface area (Å²) in [6, 6.07) is -0.395. The Morgan fingerprint density at radius 2 is 2.00 bits per heavy atom. The molecule has 98 valence electrons. The number of hydrogen-bond donors (Lipinski definition) is 1. The van der Waals surface area contributed by atoms with Crippen LogP contribution in [0.25, 0.3) is 0 Å². The van der Waals surface area contributed by atoms with Crippen LogP contribution >= 0.6 is 15.9 Å². The lowest BCUT2D eigenvalue weighted by atomic mass is 9.82. The molecule has 0 aromatic rings. The summed E-state index contributed by atoms with van der Waals surface area (Å²) in [6.45, 7) is 2.08. The smallest absolute Gasteiger partial charge is 0.407 e. The normalized spacial score (nSPS) is 18.5. The number of halogens is 1. The minimum Gasteiger partial charge on any atom is -0.450 e. The van der Waals surface area contributed by atoms with E-state index < -0.39 is 12.1 Å². The van der Waals surface area contributed by atoms with Crippen molar-refractivity contribution in [2.45, 2.75) is 45.1 Å². The molecule has 0 bridgehead atoms. The summed E-state index contributed by atoms with van der Waals surface area (Å²) >= 11 is 3.17. The number of hydrogen-bond acceptors (Lipinski definition) is 3. The second-order valence-electron chi connectivity index (χ2n) is 4.34. The van der Waals surface area contributed by atoms with Crippen LogP contribution in [0.5, 0.6) is 0 Å². The Bertz CT molecular complexity index is 264. The third-order valence-corrected chi connectivity index (χ3v) is 3.70. The number of Topliss-reactive ketones (excluding diaryl/α,β-unsaturated/α-hetero) is 1. The van der Waals surface area contributed by atoms with E-state index in [0.717, 1.165) is 25.7 Å². The number of ketones is 1. The van der Waals surface area contributed by atoms with Gasteiger partial charge in [0.15, 0.2) is 5.78 Å². The van der Waals surface area contributed by atoms with Gasteiger partial charge in [0.25, 0.3) is 0 Å². The van der Waals surface area contributed by atoms with Gasteiger partial charge < -0.3 is 10.1 Å². The molecule has 1 N–H and O–H groups in total. The molecule has 17 heavy (non-hydrogen) atoms. The molecule has 1 saturated carbocycles. The molecule has 1 aliphatic rings. The van der Waals surface area contributed by atoms with Gasteiger partial charge >= 0.3 is 6.09 Å². The number of amides is 1. The molecule has 1 fully saturated rings. The highest BCUT2D eigenvalue weighted by molar-refractivity contribution is 9.09. The Morgan fingerprint density at radius 1 is 1.35 bits per heavy atom. The van der Waals surface area contributed by atoms with Crippen molar-refractivity contribution < 1.29 is 14.3 Å². The Morgan fingerprint density at radius 3 is 2.53 bits per heavy atom. The third kappa shape index (κ3) is 4.66. The van der Waals surface area contributed by atoms with Crippen LogP contribution in [0.15, 0.2) is 0 Å². The number of carbonyl (C=O) groups excluding carboxylic acids is 2. The van der Waals surface area contributed by atoms with Crippen molar-refractivity contribution in [2.24, 2.45) is 5.92 Å². The van der Waals surface area contributed by atoms with Gasteiger partial charge in [-0.2, -0.15) is 0 Å². The molecule has 5 heteroatoms. The SMILES string of the molecule is CCOC(=O)NC(C(=O)CBr)C1CCCCC1. The zero-order valence-corrected chi connectivity index (χ0v) is 11.8. The zero-order valence-electron chi connectivity index (χ0n) is 10.2. The summed E-state index contributed by atoms with van der Waals surface area (Å²) in [6.07, 6.45) is 5.04. The molecule has 1 atom stereocenters. The van der Waals surface area contributed by atoms with Gasteiger partial charge in [0.1, 0.15) is 0 Å². The van der Waals surface area contributed by atoms with E-state index in [2.05, 4.69) is 21.2 Å². The van der Waals surface area contributed by atoms with Gasteiger partial charge in [0.05, 0.1) is 18.0 Å².